The highest BCUT2D eigenvalue weighted by Gasteiger charge is 2.31. The van der Waals surface area contributed by atoms with Crippen molar-refractivity contribution in [3.63, 3.8) is 0 Å². The lowest BCUT2D eigenvalue weighted by Crippen LogP contribution is -2.22. The SMILES string of the molecule is COc1nc(-c2cccc(-c3cccc(-c4cnc(CN5C[C@@H](CO)[C@H](C)C5)c(OC)n4)c3Cl)c2Cl)cnc1CN1C[C@@H](CO)[C@H](C)C1. The number of aromatic nitrogens is 4. The first-order valence-electron chi connectivity index (χ1n) is 16.3. The smallest absolute Gasteiger partial charge is 0.237 e. The molecule has 6 rings (SSSR count). The molecule has 0 spiro atoms. The fourth-order valence-electron chi connectivity index (χ4n) is 6.92. The zero-order chi connectivity index (χ0) is 33.9. The largest absolute Gasteiger partial charge is 0.480 e. The van der Waals surface area contributed by atoms with E-state index in [0.717, 1.165) is 48.7 Å². The number of nitrogens with zero attached hydrogens (tertiary/aromatic N) is 6. The Morgan fingerprint density at radius 2 is 1.06 bits per heavy atom. The molecule has 4 atom stereocenters. The Kier molecular flexibility index (Phi) is 10.8. The quantitative estimate of drug-likeness (QED) is 0.202. The molecule has 4 aromatic rings. The second-order valence-corrected chi connectivity index (χ2v) is 13.7. The maximum Gasteiger partial charge on any atom is 0.237 e. The molecule has 48 heavy (non-hydrogen) atoms. The van der Waals surface area contributed by atoms with Crippen molar-refractivity contribution in [2.24, 2.45) is 23.7 Å². The van der Waals surface area contributed by atoms with E-state index in [1.807, 2.05) is 36.4 Å². The van der Waals surface area contributed by atoms with Crippen LogP contribution < -0.4 is 9.47 Å². The molecular formula is C36H42Cl2N6O4. The number of hydrogen-bond donors (Lipinski definition) is 2. The summed E-state index contributed by atoms with van der Waals surface area (Å²) in [5, 5.41) is 20.3. The molecule has 12 heteroatoms. The van der Waals surface area contributed by atoms with Gasteiger partial charge in [-0.15, -0.1) is 0 Å². The fourth-order valence-corrected chi connectivity index (χ4v) is 7.56. The molecule has 0 aliphatic carbocycles. The second kappa shape index (κ2) is 15.0. The molecule has 4 heterocycles. The van der Waals surface area contributed by atoms with Gasteiger partial charge >= 0.3 is 0 Å². The number of methoxy groups -OCH3 is 2. The van der Waals surface area contributed by atoms with E-state index < -0.39 is 0 Å². The summed E-state index contributed by atoms with van der Waals surface area (Å²) >= 11 is 14.2. The summed E-state index contributed by atoms with van der Waals surface area (Å²) < 4.78 is 11.3. The van der Waals surface area contributed by atoms with E-state index in [2.05, 4.69) is 23.6 Å². The van der Waals surface area contributed by atoms with E-state index in [0.29, 0.717) is 69.2 Å². The second-order valence-electron chi connectivity index (χ2n) is 13.0. The van der Waals surface area contributed by atoms with Gasteiger partial charge in [-0.1, -0.05) is 73.4 Å². The molecule has 0 amide bonds. The molecule has 2 N–H and O–H groups in total. The van der Waals surface area contributed by atoms with Crippen molar-refractivity contribution in [1.29, 1.82) is 0 Å². The van der Waals surface area contributed by atoms with Crippen LogP contribution in [0.1, 0.15) is 25.2 Å². The first-order chi connectivity index (χ1) is 23.2. The fraction of sp³-hybridized carbons (Fsp3) is 0.444. The van der Waals surface area contributed by atoms with E-state index in [1.54, 1.807) is 26.6 Å². The molecule has 0 bridgehead atoms. The lowest BCUT2D eigenvalue weighted by Gasteiger charge is -2.18. The highest BCUT2D eigenvalue weighted by Crippen LogP contribution is 2.42. The van der Waals surface area contributed by atoms with Gasteiger partial charge in [-0.2, -0.15) is 0 Å². The van der Waals surface area contributed by atoms with Gasteiger partial charge in [-0.05, 0) is 23.7 Å². The Morgan fingerprint density at radius 3 is 1.42 bits per heavy atom. The van der Waals surface area contributed by atoms with Crippen LogP contribution in [0.5, 0.6) is 11.8 Å². The first kappa shape index (κ1) is 34.5. The third kappa shape index (κ3) is 7.01. The summed E-state index contributed by atoms with van der Waals surface area (Å²) in [5.41, 5.74) is 5.53. The number of halogens is 2. The van der Waals surface area contributed by atoms with Crippen molar-refractivity contribution in [2.75, 3.05) is 53.6 Å². The van der Waals surface area contributed by atoms with Crippen LogP contribution in [-0.2, 0) is 13.1 Å². The van der Waals surface area contributed by atoms with Crippen molar-refractivity contribution in [3.05, 3.63) is 70.2 Å². The predicted octanol–water partition coefficient (Wildman–Crippen LogP) is 5.71. The van der Waals surface area contributed by atoms with Gasteiger partial charge in [0.2, 0.25) is 11.8 Å². The normalized spacial score (nSPS) is 21.6. The molecule has 0 saturated carbocycles. The third-order valence-electron chi connectivity index (χ3n) is 9.75. The van der Waals surface area contributed by atoms with E-state index in [1.165, 1.54) is 0 Å². The molecule has 10 nitrogen and oxygen atoms in total. The van der Waals surface area contributed by atoms with Gasteiger partial charge in [0.25, 0.3) is 0 Å². The minimum absolute atomic E-state index is 0.181. The summed E-state index contributed by atoms with van der Waals surface area (Å²) in [6.45, 7) is 9.25. The van der Waals surface area contributed by atoms with Gasteiger partial charge in [0.1, 0.15) is 11.4 Å². The van der Waals surface area contributed by atoms with Crippen molar-refractivity contribution in [2.45, 2.75) is 26.9 Å². The minimum Gasteiger partial charge on any atom is -0.480 e. The zero-order valence-corrected chi connectivity index (χ0v) is 29.2. The molecule has 2 saturated heterocycles. The Morgan fingerprint density at radius 1 is 0.667 bits per heavy atom. The Bertz CT molecular complexity index is 1630. The average molecular weight is 694 g/mol. The number of aliphatic hydroxyl groups excluding tert-OH is 2. The molecule has 0 unspecified atom stereocenters. The van der Waals surface area contributed by atoms with Crippen LogP contribution in [0.3, 0.4) is 0 Å². The highest BCUT2D eigenvalue weighted by molar-refractivity contribution is 6.39. The predicted molar refractivity (Wildman–Crippen MR) is 187 cm³/mol. The average Bonchev–Trinajstić information content (AvgIpc) is 3.65. The standard InChI is InChI=1S/C36H42Cl2N6O4/c1-21-13-43(15-23(21)19-45)17-31-35(47-3)41-29(11-39-31)27-9-5-7-25(33(27)37)26-8-6-10-28(34(26)38)30-12-40-32(36(42-30)48-4)18-44-14-22(2)24(16-44)20-46/h5-12,21-24,45-46H,13-20H2,1-4H3/t21-,22-,23+,24+/m1/s1. The number of rotatable bonds is 11. The maximum atomic E-state index is 9.68. The van der Waals surface area contributed by atoms with Crippen LogP contribution in [0.25, 0.3) is 33.6 Å². The van der Waals surface area contributed by atoms with Crippen LogP contribution >= 0.6 is 23.2 Å². The van der Waals surface area contributed by atoms with Crippen molar-refractivity contribution in [1.82, 2.24) is 29.7 Å². The van der Waals surface area contributed by atoms with Crippen LogP contribution in [0.4, 0.5) is 0 Å². The summed E-state index contributed by atoms with van der Waals surface area (Å²) in [6, 6.07) is 11.5. The van der Waals surface area contributed by atoms with E-state index in [9.17, 15) is 10.2 Å². The maximum absolute atomic E-state index is 9.68. The number of likely N-dealkylation sites (tertiary alicyclic amines) is 2. The molecule has 254 valence electrons. The van der Waals surface area contributed by atoms with E-state index in [-0.39, 0.29) is 25.0 Å². The zero-order valence-electron chi connectivity index (χ0n) is 27.7. The molecule has 0 radical (unpaired) electrons. The molecule has 2 aliphatic rings. The third-order valence-corrected chi connectivity index (χ3v) is 10.6. The van der Waals surface area contributed by atoms with Gasteiger partial charge in [0.15, 0.2) is 0 Å². The van der Waals surface area contributed by atoms with E-state index in [4.69, 9.17) is 52.6 Å². The van der Waals surface area contributed by atoms with Crippen LogP contribution in [-0.4, -0.2) is 93.6 Å². The van der Waals surface area contributed by atoms with Crippen molar-refractivity contribution >= 4 is 23.2 Å². The molecule has 2 aliphatic heterocycles. The Balaban J connectivity index is 1.26. The Hall–Kier alpha value is -3.38. The summed E-state index contributed by atoms with van der Waals surface area (Å²) in [5.74, 6) is 2.23. The number of benzene rings is 2. The van der Waals surface area contributed by atoms with Gasteiger partial charge in [0, 0.05) is 74.7 Å². The lowest BCUT2D eigenvalue weighted by atomic mass is 9.98. The molecular weight excluding hydrogens is 651 g/mol. The van der Waals surface area contributed by atoms with Crippen LogP contribution in [0.15, 0.2) is 48.8 Å². The Labute approximate surface area is 291 Å². The van der Waals surface area contributed by atoms with Gasteiger partial charge in [-0.3, -0.25) is 19.8 Å². The van der Waals surface area contributed by atoms with Crippen LogP contribution in [0.2, 0.25) is 10.0 Å². The summed E-state index contributed by atoms with van der Waals surface area (Å²) in [4.78, 5) is 23.6. The number of hydrogen-bond acceptors (Lipinski definition) is 10. The number of aliphatic hydroxyl groups is 2. The minimum atomic E-state index is 0.181. The first-order valence-corrected chi connectivity index (χ1v) is 17.0. The molecule has 2 aromatic carbocycles. The van der Waals surface area contributed by atoms with Gasteiger partial charge < -0.3 is 19.7 Å². The number of ether oxygens (including phenoxy) is 2. The van der Waals surface area contributed by atoms with Crippen molar-refractivity contribution < 1.29 is 19.7 Å². The van der Waals surface area contributed by atoms with E-state index >= 15 is 0 Å². The summed E-state index contributed by atoms with van der Waals surface area (Å²) in [6.07, 6.45) is 3.44. The van der Waals surface area contributed by atoms with Gasteiger partial charge in [0.05, 0.1) is 48.0 Å². The topological polar surface area (TPSA) is 117 Å². The molecule has 2 fully saturated rings. The van der Waals surface area contributed by atoms with Crippen molar-refractivity contribution in [3.8, 4) is 45.4 Å². The van der Waals surface area contributed by atoms with Crippen LogP contribution in [0, 0.1) is 23.7 Å². The van der Waals surface area contributed by atoms with Gasteiger partial charge in [-0.25, -0.2) is 9.97 Å². The monoisotopic (exact) mass is 692 g/mol. The summed E-state index contributed by atoms with van der Waals surface area (Å²) in [7, 11) is 3.18. The highest BCUT2D eigenvalue weighted by atomic mass is 35.5. The molecule has 2 aromatic heterocycles. The lowest BCUT2D eigenvalue weighted by molar-refractivity contribution is 0.204.